The minimum Gasteiger partial charge on any atom is -0.264 e. The summed E-state index contributed by atoms with van der Waals surface area (Å²) in [6.45, 7) is 0. The Balaban J connectivity index is 1.21. The van der Waals surface area contributed by atoms with Crippen molar-refractivity contribution in [3.63, 3.8) is 0 Å². The van der Waals surface area contributed by atoms with Gasteiger partial charge in [0.1, 0.15) is 0 Å². The van der Waals surface area contributed by atoms with Gasteiger partial charge in [-0.15, -0.1) is 0 Å². The first-order chi connectivity index (χ1) is 16.8. The second-order valence-electron chi connectivity index (χ2n) is 7.33. The van der Waals surface area contributed by atoms with Gasteiger partial charge in [-0.3, -0.25) is 9.97 Å². The molecule has 0 saturated carbocycles. The Morgan fingerprint density at radius 2 is 1.09 bits per heavy atom. The molecule has 0 amide bonds. The van der Waals surface area contributed by atoms with E-state index in [1.54, 1.807) is 48.3 Å². The van der Waals surface area contributed by atoms with E-state index in [1.165, 1.54) is 11.1 Å². The molecule has 0 aliphatic rings. The van der Waals surface area contributed by atoms with Gasteiger partial charge in [-0.2, -0.15) is 0 Å². The fourth-order valence-electron chi connectivity index (χ4n) is 3.28. The average molecular weight is 481 g/mol. The molecule has 4 aromatic heterocycles. The van der Waals surface area contributed by atoms with E-state index < -0.39 is 0 Å². The maximum atomic E-state index is 4.68. The van der Waals surface area contributed by atoms with Gasteiger partial charge >= 0.3 is 0 Å². The Morgan fingerprint density at radius 1 is 0.559 bits per heavy atom. The topological polar surface area (TPSA) is 77.3 Å². The van der Waals surface area contributed by atoms with Crippen molar-refractivity contribution in [1.29, 1.82) is 0 Å². The van der Waals surface area contributed by atoms with Gasteiger partial charge in [0.25, 0.3) is 0 Å². The maximum Gasteiger partial charge on any atom is 0.188 e. The van der Waals surface area contributed by atoms with Gasteiger partial charge in [0.05, 0.1) is 11.4 Å². The van der Waals surface area contributed by atoms with Crippen LogP contribution in [0.3, 0.4) is 0 Å². The Hall–Kier alpha value is -3.62. The molecule has 0 atom stereocenters. The van der Waals surface area contributed by atoms with Crippen molar-refractivity contribution in [3.8, 4) is 22.5 Å². The van der Waals surface area contributed by atoms with Crippen LogP contribution in [0.2, 0.25) is 0 Å². The molecule has 4 heterocycles. The van der Waals surface area contributed by atoms with Crippen LogP contribution in [0.4, 0.5) is 0 Å². The second kappa shape index (κ2) is 11.0. The maximum absolute atomic E-state index is 4.68. The molecule has 1 aromatic carbocycles. The monoisotopic (exact) mass is 480 g/mol. The molecule has 0 saturated heterocycles. The summed E-state index contributed by atoms with van der Waals surface area (Å²) in [7, 11) is 0. The van der Waals surface area contributed by atoms with E-state index in [9.17, 15) is 0 Å². The first-order valence-electron chi connectivity index (χ1n) is 10.6. The Kier molecular flexibility index (Phi) is 7.18. The Labute approximate surface area is 206 Å². The molecule has 0 aliphatic heterocycles. The summed E-state index contributed by atoms with van der Waals surface area (Å²) in [5.74, 6) is 1.59. The normalized spacial score (nSPS) is 10.8. The van der Waals surface area contributed by atoms with Crippen LogP contribution < -0.4 is 0 Å². The molecule has 8 heteroatoms. The van der Waals surface area contributed by atoms with E-state index in [-0.39, 0.29) is 0 Å². The van der Waals surface area contributed by atoms with Crippen molar-refractivity contribution in [2.75, 3.05) is 0 Å². The van der Waals surface area contributed by atoms with Gasteiger partial charge in [0, 0.05) is 59.8 Å². The van der Waals surface area contributed by atoms with Gasteiger partial charge in [0.2, 0.25) is 0 Å². The number of hydrogen-bond acceptors (Lipinski definition) is 8. The summed E-state index contributed by atoms with van der Waals surface area (Å²) < 4.78 is 0. The van der Waals surface area contributed by atoms with Crippen molar-refractivity contribution in [2.45, 2.75) is 21.8 Å². The SMILES string of the molecule is c1cc(CSc2nccc(-c3cccnc3)n2)cc(CSc2nccc(-c3cccnc3)n2)c1. The fourth-order valence-corrected chi connectivity index (χ4v) is 4.82. The van der Waals surface area contributed by atoms with Gasteiger partial charge in [-0.05, 0) is 47.5 Å². The van der Waals surface area contributed by atoms with Crippen LogP contribution >= 0.6 is 23.5 Å². The molecule has 34 heavy (non-hydrogen) atoms. The second-order valence-corrected chi connectivity index (χ2v) is 9.21. The third kappa shape index (κ3) is 5.84. The van der Waals surface area contributed by atoms with Crippen molar-refractivity contribution < 1.29 is 0 Å². The quantitative estimate of drug-likeness (QED) is 0.198. The zero-order valence-electron chi connectivity index (χ0n) is 18.2. The van der Waals surface area contributed by atoms with E-state index in [0.29, 0.717) is 0 Å². The van der Waals surface area contributed by atoms with Gasteiger partial charge < -0.3 is 0 Å². The summed E-state index contributed by atoms with van der Waals surface area (Å²) in [6.07, 6.45) is 10.7. The highest BCUT2D eigenvalue weighted by Gasteiger charge is 2.06. The molecule has 0 unspecified atom stereocenters. The Morgan fingerprint density at radius 3 is 1.56 bits per heavy atom. The molecule has 0 N–H and O–H groups in total. The molecule has 0 bridgehead atoms. The molecular weight excluding hydrogens is 460 g/mol. The lowest BCUT2D eigenvalue weighted by atomic mass is 10.2. The zero-order chi connectivity index (χ0) is 23.0. The largest absolute Gasteiger partial charge is 0.264 e. The van der Waals surface area contributed by atoms with E-state index >= 15 is 0 Å². The predicted octanol–water partition coefficient (Wildman–Crippen LogP) is 5.98. The zero-order valence-corrected chi connectivity index (χ0v) is 19.8. The highest BCUT2D eigenvalue weighted by molar-refractivity contribution is 7.98. The minimum absolute atomic E-state index is 0.752. The van der Waals surface area contributed by atoms with E-state index in [4.69, 9.17) is 0 Å². The summed E-state index contributed by atoms with van der Waals surface area (Å²) in [5, 5.41) is 1.50. The van der Waals surface area contributed by atoms with Crippen LogP contribution in [0.5, 0.6) is 0 Å². The number of nitrogens with zero attached hydrogens (tertiary/aromatic N) is 6. The fraction of sp³-hybridized carbons (Fsp3) is 0.0769. The number of aromatic nitrogens is 6. The van der Waals surface area contributed by atoms with Crippen LogP contribution in [-0.2, 0) is 11.5 Å². The third-order valence-electron chi connectivity index (χ3n) is 4.91. The number of pyridine rings is 2. The van der Waals surface area contributed by atoms with Gasteiger partial charge in [-0.25, -0.2) is 19.9 Å². The summed E-state index contributed by atoms with van der Waals surface area (Å²) in [4.78, 5) is 26.5. The van der Waals surface area contributed by atoms with E-state index in [2.05, 4.69) is 54.2 Å². The first-order valence-corrected chi connectivity index (χ1v) is 12.6. The van der Waals surface area contributed by atoms with Gasteiger partial charge in [-0.1, -0.05) is 47.8 Å². The first kappa shape index (κ1) is 22.2. The van der Waals surface area contributed by atoms with E-state index in [0.717, 1.165) is 44.3 Å². The lowest BCUT2D eigenvalue weighted by Crippen LogP contribution is -1.92. The average Bonchev–Trinajstić information content (AvgIpc) is 2.92. The Bertz CT molecular complexity index is 1260. The summed E-state index contributed by atoms with van der Waals surface area (Å²) in [6, 6.07) is 20.2. The van der Waals surface area contributed by atoms with Crippen molar-refractivity contribution >= 4 is 23.5 Å². The molecule has 166 valence electrons. The van der Waals surface area contributed by atoms with Gasteiger partial charge in [0.15, 0.2) is 10.3 Å². The number of thioether (sulfide) groups is 2. The number of benzene rings is 1. The lowest BCUT2D eigenvalue weighted by Gasteiger charge is -2.07. The van der Waals surface area contributed by atoms with Crippen molar-refractivity contribution in [2.24, 2.45) is 0 Å². The van der Waals surface area contributed by atoms with Crippen molar-refractivity contribution in [3.05, 3.63) is 109 Å². The van der Waals surface area contributed by atoms with Crippen LogP contribution in [0.1, 0.15) is 11.1 Å². The minimum atomic E-state index is 0.752. The molecule has 5 rings (SSSR count). The summed E-state index contributed by atoms with van der Waals surface area (Å²) >= 11 is 3.25. The third-order valence-corrected chi connectivity index (χ3v) is 6.77. The van der Waals surface area contributed by atoms with E-state index in [1.807, 2.05) is 48.8 Å². The highest BCUT2D eigenvalue weighted by atomic mass is 32.2. The molecule has 0 aliphatic carbocycles. The summed E-state index contributed by atoms with van der Waals surface area (Å²) in [5.41, 5.74) is 6.18. The molecule has 5 aromatic rings. The smallest absolute Gasteiger partial charge is 0.188 e. The van der Waals surface area contributed by atoms with Crippen LogP contribution in [0.25, 0.3) is 22.5 Å². The molecule has 0 fully saturated rings. The standard InChI is InChI=1S/C26H20N6S2/c1-4-19(17-33-25-29-12-8-23(31-25)21-6-2-10-27-15-21)14-20(5-1)18-34-26-30-13-9-24(32-26)22-7-3-11-28-16-22/h1-16H,17-18H2. The number of hydrogen-bond donors (Lipinski definition) is 0. The molecular formula is C26H20N6S2. The van der Waals surface area contributed by atoms with Crippen LogP contribution in [0.15, 0.2) is 108 Å². The molecule has 0 spiro atoms. The molecule has 0 radical (unpaired) electrons. The highest BCUT2D eigenvalue weighted by Crippen LogP contribution is 2.25. The lowest BCUT2D eigenvalue weighted by molar-refractivity contribution is 0.970. The predicted molar refractivity (Wildman–Crippen MR) is 136 cm³/mol. The number of rotatable bonds is 8. The van der Waals surface area contributed by atoms with Crippen LogP contribution in [0, 0.1) is 0 Å². The molecule has 6 nitrogen and oxygen atoms in total. The van der Waals surface area contributed by atoms with Crippen LogP contribution in [-0.4, -0.2) is 29.9 Å². The van der Waals surface area contributed by atoms with Crippen molar-refractivity contribution in [1.82, 2.24) is 29.9 Å².